The van der Waals surface area contributed by atoms with Gasteiger partial charge >= 0.3 is 0 Å². The van der Waals surface area contributed by atoms with Crippen LogP contribution in [0.2, 0.25) is 0 Å². The molecule has 1 N–H and O–H groups in total. The van der Waals surface area contributed by atoms with E-state index >= 15 is 0 Å². The molecule has 0 amide bonds. The molecular formula is C18H29N3O3S. The lowest BCUT2D eigenvalue weighted by Crippen LogP contribution is -2.53. The summed E-state index contributed by atoms with van der Waals surface area (Å²) in [5.41, 5.74) is 0.905. The Morgan fingerprint density at radius 1 is 0.840 bits per heavy atom. The second-order valence-electron chi connectivity index (χ2n) is 6.95. The summed E-state index contributed by atoms with van der Waals surface area (Å²) in [7, 11) is -3.33. The summed E-state index contributed by atoms with van der Waals surface area (Å²) in [6.45, 7) is 4.17. The highest BCUT2D eigenvalue weighted by Crippen LogP contribution is 2.19. The number of hydrogen-bond acceptors (Lipinski definition) is 4. The SMILES string of the molecule is O=S(=O)(N1CCCCCC1)N1CCN(C[C@@H](O)c2ccccc2)CC1. The zero-order valence-corrected chi connectivity index (χ0v) is 15.6. The molecule has 0 aliphatic carbocycles. The first kappa shape index (κ1) is 18.8. The van der Waals surface area contributed by atoms with E-state index in [1.807, 2.05) is 30.3 Å². The first-order valence-electron chi connectivity index (χ1n) is 9.28. The maximum atomic E-state index is 12.8. The maximum absolute atomic E-state index is 12.8. The highest BCUT2D eigenvalue weighted by Gasteiger charge is 2.32. The van der Waals surface area contributed by atoms with Gasteiger partial charge < -0.3 is 5.11 Å². The van der Waals surface area contributed by atoms with E-state index in [1.54, 1.807) is 8.61 Å². The Labute approximate surface area is 151 Å². The third-order valence-corrected chi connectivity index (χ3v) is 7.20. The lowest BCUT2D eigenvalue weighted by molar-refractivity contribution is 0.0907. The number of β-amino-alcohol motifs (C(OH)–C–C–N with tert-alkyl or cyclic N) is 1. The number of aliphatic hydroxyl groups is 1. The first-order valence-corrected chi connectivity index (χ1v) is 10.7. The minimum atomic E-state index is -3.33. The maximum Gasteiger partial charge on any atom is 0.282 e. The molecular weight excluding hydrogens is 338 g/mol. The van der Waals surface area contributed by atoms with E-state index in [4.69, 9.17) is 0 Å². The van der Waals surface area contributed by atoms with Gasteiger partial charge in [-0.05, 0) is 18.4 Å². The fourth-order valence-corrected chi connectivity index (χ4v) is 5.27. The lowest BCUT2D eigenvalue weighted by Gasteiger charge is -2.37. The molecule has 0 bridgehead atoms. The van der Waals surface area contributed by atoms with Crippen molar-refractivity contribution in [3.05, 3.63) is 35.9 Å². The van der Waals surface area contributed by atoms with Crippen molar-refractivity contribution in [2.45, 2.75) is 31.8 Å². The number of nitrogens with zero attached hydrogens (tertiary/aromatic N) is 3. The van der Waals surface area contributed by atoms with Crippen LogP contribution in [-0.4, -0.2) is 72.8 Å². The van der Waals surface area contributed by atoms with Gasteiger partial charge in [-0.15, -0.1) is 0 Å². The number of rotatable bonds is 5. The van der Waals surface area contributed by atoms with Crippen molar-refractivity contribution in [3.8, 4) is 0 Å². The van der Waals surface area contributed by atoms with Gasteiger partial charge in [0, 0.05) is 45.8 Å². The third-order valence-electron chi connectivity index (χ3n) is 5.16. The van der Waals surface area contributed by atoms with Gasteiger partial charge in [-0.3, -0.25) is 4.90 Å². The average molecular weight is 368 g/mol. The molecule has 1 atom stereocenters. The fraction of sp³-hybridized carbons (Fsp3) is 0.667. The molecule has 0 saturated carbocycles. The van der Waals surface area contributed by atoms with Crippen LogP contribution >= 0.6 is 0 Å². The standard InChI is InChI=1S/C18H29N3O3S/c22-18(17-8-4-3-5-9-17)16-19-12-14-21(15-13-19)25(23,24)20-10-6-1-2-7-11-20/h3-5,8-9,18,22H,1-2,6-7,10-16H2/t18-/m1/s1. The zero-order valence-electron chi connectivity index (χ0n) is 14.8. The molecule has 140 valence electrons. The Balaban J connectivity index is 1.52. The smallest absolute Gasteiger partial charge is 0.282 e. The molecule has 1 aromatic rings. The number of benzene rings is 1. The monoisotopic (exact) mass is 367 g/mol. The lowest BCUT2D eigenvalue weighted by atomic mass is 10.1. The predicted octanol–water partition coefficient (Wildman–Crippen LogP) is 1.46. The zero-order chi connectivity index (χ0) is 17.7. The molecule has 2 heterocycles. The van der Waals surface area contributed by atoms with Gasteiger partial charge in [-0.25, -0.2) is 0 Å². The topological polar surface area (TPSA) is 64.1 Å². The van der Waals surface area contributed by atoms with Gasteiger partial charge in [0.15, 0.2) is 0 Å². The van der Waals surface area contributed by atoms with E-state index in [1.165, 1.54) is 0 Å². The van der Waals surface area contributed by atoms with Crippen molar-refractivity contribution < 1.29 is 13.5 Å². The molecule has 2 saturated heterocycles. The van der Waals surface area contributed by atoms with Crippen LogP contribution in [-0.2, 0) is 10.2 Å². The first-order chi connectivity index (χ1) is 12.1. The fourth-order valence-electron chi connectivity index (χ4n) is 3.60. The Morgan fingerprint density at radius 3 is 2.00 bits per heavy atom. The summed E-state index contributed by atoms with van der Waals surface area (Å²) in [5.74, 6) is 0. The van der Waals surface area contributed by atoms with Crippen molar-refractivity contribution in [1.82, 2.24) is 13.5 Å². The second kappa shape index (κ2) is 8.60. The van der Waals surface area contributed by atoms with Crippen LogP contribution < -0.4 is 0 Å². The van der Waals surface area contributed by atoms with Crippen LogP contribution in [0.1, 0.15) is 37.4 Å². The van der Waals surface area contributed by atoms with Gasteiger partial charge in [0.05, 0.1) is 6.10 Å². The van der Waals surface area contributed by atoms with Crippen LogP contribution in [0.15, 0.2) is 30.3 Å². The van der Waals surface area contributed by atoms with Crippen LogP contribution in [0, 0.1) is 0 Å². The van der Waals surface area contributed by atoms with Crippen molar-refractivity contribution >= 4 is 10.2 Å². The minimum absolute atomic E-state index is 0.500. The molecule has 1 aromatic carbocycles. The normalized spacial score (nSPS) is 23.2. The van der Waals surface area contributed by atoms with Crippen LogP contribution in [0.25, 0.3) is 0 Å². The van der Waals surface area contributed by atoms with Gasteiger partial charge in [0.25, 0.3) is 10.2 Å². The van der Waals surface area contributed by atoms with Gasteiger partial charge in [0.1, 0.15) is 0 Å². The highest BCUT2D eigenvalue weighted by molar-refractivity contribution is 7.86. The molecule has 0 spiro atoms. The largest absolute Gasteiger partial charge is 0.387 e. The van der Waals surface area contributed by atoms with Crippen LogP contribution in [0.4, 0.5) is 0 Å². The highest BCUT2D eigenvalue weighted by atomic mass is 32.2. The molecule has 2 fully saturated rings. The Hall–Kier alpha value is -0.990. The Bertz CT molecular complexity index is 622. The van der Waals surface area contributed by atoms with E-state index in [0.717, 1.165) is 31.2 Å². The quantitative estimate of drug-likeness (QED) is 0.856. The number of hydrogen-bond donors (Lipinski definition) is 1. The van der Waals surface area contributed by atoms with Crippen molar-refractivity contribution in [3.63, 3.8) is 0 Å². The van der Waals surface area contributed by atoms with E-state index in [0.29, 0.717) is 45.8 Å². The van der Waals surface area contributed by atoms with Crippen molar-refractivity contribution in [2.75, 3.05) is 45.8 Å². The van der Waals surface area contributed by atoms with E-state index in [9.17, 15) is 13.5 Å². The van der Waals surface area contributed by atoms with Gasteiger partial charge in [-0.1, -0.05) is 43.2 Å². The second-order valence-corrected chi connectivity index (χ2v) is 8.88. The van der Waals surface area contributed by atoms with Crippen LogP contribution in [0.5, 0.6) is 0 Å². The number of aliphatic hydroxyl groups excluding tert-OH is 1. The van der Waals surface area contributed by atoms with E-state index < -0.39 is 16.3 Å². The molecule has 2 aliphatic heterocycles. The summed E-state index contributed by atoms with van der Waals surface area (Å²) in [4.78, 5) is 2.14. The molecule has 25 heavy (non-hydrogen) atoms. The Morgan fingerprint density at radius 2 is 1.40 bits per heavy atom. The molecule has 3 rings (SSSR count). The van der Waals surface area contributed by atoms with Gasteiger partial charge in [-0.2, -0.15) is 17.0 Å². The minimum Gasteiger partial charge on any atom is -0.387 e. The van der Waals surface area contributed by atoms with Crippen molar-refractivity contribution in [1.29, 1.82) is 0 Å². The molecule has 0 unspecified atom stereocenters. The molecule has 2 aliphatic rings. The molecule has 0 aromatic heterocycles. The number of piperazine rings is 1. The summed E-state index contributed by atoms with van der Waals surface area (Å²) in [6, 6.07) is 9.62. The van der Waals surface area contributed by atoms with Crippen molar-refractivity contribution in [2.24, 2.45) is 0 Å². The summed E-state index contributed by atoms with van der Waals surface area (Å²) < 4.78 is 28.9. The Kier molecular flexibility index (Phi) is 6.46. The summed E-state index contributed by atoms with van der Waals surface area (Å²) >= 11 is 0. The third kappa shape index (κ3) is 4.80. The molecule has 6 nitrogen and oxygen atoms in total. The molecule has 7 heteroatoms. The average Bonchev–Trinajstić information content (AvgIpc) is 2.93. The van der Waals surface area contributed by atoms with Crippen LogP contribution in [0.3, 0.4) is 0 Å². The summed E-state index contributed by atoms with van der Waals surface area (Å²) in [6.07, 6.45) is 3.63. The molecule has 0 radical (unpaired) electrons. The van der Waals surface area contributed by atoms with E-state index in [2.05, 4.69) is 4.90 Å². The summed E-state index contributed by atoms with van der Waals surface area (Å²) in [5, 5.41) is 10.4. The predicted molar refractivity (Wildman–Crippen MR) is 98.4 cm³/mol. The van der Waals surface area contributed by atoms with E-state index in [-0.39, 0.29) is 0 Å². The van der Waals surface area contributed by atoms with Gasteiger partial charge in [0.2, 0.25) is 0 Å².